The third-order valence-corrected chi connectivity index (χ3v) is 4.32. The number of hydrogen-bond donors (Lipinski definition) is 0. The van der Waals surface area contributed by atoms with Crippen LogP contribution in [0.2, 0.25) is 0 Å². The van der Waals surface area contributed by atoms with E-state index in [4.69, 9.17) is 0 Å². The number of benzene rings is 1. The second-order valence-corrected chi connectivity index (χ2v) is 5.79. The van der Waals surface area contributed by atoms with E-state index in [9.17, 15) is 9.59 Å². The first kappa shape index (κ1) is 14.6. The maximum atomic E-state index is 12.5. The SMILES string of the molecule is C=CC(=O)N1CC(C(=O)N2CCC=C(c3ccccc3)C2)C1. The lowest BCUT2D eigenvalue weighted by Crippen LogP contribution is -2.56. The van der Waals surface area contributed by atoms with Crippen LogP contribution >= 0.6 is 0 Å². The number of hydrogen-bond acceptors (Lipinski definition) is 2. The highest BCUT2D eigenvalue weighted by molar-refractivity contribution is 5.90. The fraction of sp³-hybridized carbons (Fsp3) is 0.333. The Balaban J connectivity index is 1.60. The Morgan fingerprint density at radius 1 is 1.14 bits per heavy atom. The summed E-state index contributed by atoms with van der Waals surface area (Å²) in [6.07, 6.45) is 4.41. The number of likely N-dealkylation sites (tertiary alicyclic amines) is 1. The van der Waals surface area contributed by atoms with E-state index in [1.807, 2.05) is 23.1 Å². The van der Waals surface area contributed by atoms with Crippen LogP contribution in [0.3, 0.4) is 0 Å². The standard InChI is InChI=1S/C18H20N2O2/c1-2-17(21)20-12-16(13-20)18(22)19-10-6-9-15(11-19)14-7-4-3-5-8-14/h2-5,7-9,16H,1,6,10-13H2. The van der Waals surface area contributed by atoms with E-state index in [2.05, 4.69) is 24.8 Å². The van der Waals surface area contributed by atoms with Crippen molar-refractivity contribution < 1.29 is 9.59 Å². The maximum Gasteiger partial charge on any atom is 0.246 e. The summed E-state index contributed by atoms with van der Waals surface area (Å²) in [5.41, 5.74) is 2.38. The van der Waals surface area contributed by atoms with Crippen molar-refractivity contribution in [2.75, 3.05) is 26.2 Å². The van der Waals surface area contributed by atoms with Gasteiger partial charge in [0.05, 0.1) is 5.92 Å². The first-order chi connectivity index (χ1) is 10.7. The Kier molecular flexibility index (Phi) is 4.09. The molecular formula is C18H20N2O2. The van der Waals surface area contributed by atoms with E-state index >= 15 is 0 Å². The van der Waals surface area contributed by atoms with Crippen LogP contribution in [-0.4, -0.2) is 47.8 Å². The van der Waals surface area contributed by atoms with Crippen molar-refractivity contribution in [3.05, 3.63) is 54.6 Å². The minimum Gasteiger partial charge on any atom is -0.338 e. The Labute approximate surface area is 130 Å². The van der Waals surface area contributed by atoms with Gasteiger partial charge in [-0.25, -0.2) is 0 Å². The van der Waals surface area contributed by atoms with Gasteiger partial charge in [-0.15, -0.1) is 0 Å². The normalized spacial score (nSPS) is 18.5. The van der Waals surface area contributed by atoms with E-state index in [0.717, 1.165) is 13.0 Å². The van der Waals surface area contributed by atoms with Gasteiger partial charge in [0.1, 0.15) is 0 Å². The van der Waals surface area contributed by atoms with Gasteiger partial charge in [-0.05, 0) is 23.6 Å². The fourth-order valence-corrected chi connectivity index (χ4v) is 3.00. The Morgan fingerprint density at radius 2 is 1.86 bits per heavy atom. The number of amides is 2. The highest BCUT2D eigenvalue weighted by Crippen LogP contribution is 2.24. The third kappa shape index (κ3) is 2.82. The lowest BCUT2D eigenvalue weighted by Gasteiger charge is -2.41. The maximum absolute atomic E-state index is 12.5. The summed E-state index contributed by atoms with van der Waals surface area (Å²) in [4.78, 5) is 27.6. The molecule has 1 saturated heterocycles. The van der Waals surface area contributed by atoms with Crippen LogP contribution in [0.25, 0.3) is 5.57 Å². The fourth-order valence-electron chi connectivity index (χ4n) is 3.00. The molecule has 4 nitrogen and oxygen atoms in total. The molecule has 0 aliphatic carbocycles. The van der Waals surface area contributed by atoms with Crippen LogP contribution in [0.1, 0.15) is 12.0 Å². The van der Waals surface area contributed by atoms with Crippen molar-refractivity contribution in [3.8, 4) is 0 Å². The van der Waals surface area contributed by atoms with Gasteiger partial charge >= 0.3 is 0 Å². The van der Waals surface area contributed by atoms with Gasteiger partial charge in [-0.3, -0.25) is 9.59 Å². The quantitative estimate of drug-likeness (QED) is 0.800. The average molecular weight is 296 g/mol. The van der Waals surface area contributed by atoms with Crippen LogP contribution in [0.4, 0.5) is 0 Å². The largest absolute Gasteiger partial charge is 0.338 e. The molecule has 0 atom stereocenters. The van der Waals surface area contributed by atoms with Gasteiger partial charge in [-0.1, -0.05) is 43.0 Å². The molecule has 2 aliphatic heterocycles. The molecule has 0 spiro atoms. The molecule has 0 N–H and O–H groups in total. The third-order valence-electron chi connectivity index (χ3n) is 4.32. The van der Waals surface area contributed by atoms with Crippen molar-refractivity contribution in [3.63, 3.8) is 0 Å². The smallest absolute Gasteiger partial charge is 0.246 e. The molecule has 1 aromatic carbocycles. The molecule has 2 amide bonds. The number of nitrogens with zero attached hydrogens (tertiary/aromatic N) is 2. The molecule has 0 saturated carbocycles. The molecule has 1 aromatic rings. The zero-order valence-electron chi connectivity index (χ0n) is 12.6. The Hall–Kier alpha value is -2.36. The highest BCUT2D eigenvalue weighted by Gasteiger charge is 2.37. The van der Waals surface area contributed by atoms with E-state index in [-0.39, 0.29) is 17.7 Å². The lowest BCUT2D eigenvalue weighted by molar-refractivity contribution is -0.145. The van der Waals surface area contributed by atoms with Gasteiger partial charge in [-0.2, -0.15) is 0 Å². The molecule has 4 heteroatoms. The van der Waals surface area contributed by atoms with E-state index in [1.54, 1.807) is 4.90 Å². The van der Waals surface area contributed by atoms with Crippen LogP contribution in [0, 0.1) is 5.92 Å². The summed E-state index contributed by atoms with van der Waals surface area (Å²) in [5, 5.41) is 0. The summed E-state index contributed by atoms with van der Waals surface area (Å²) in [5.74, 6) is 0.0150. The molecule has 0 bridgehead atoms. The van der Waals surface area contributed by atoms with Gasteiger partial charge in [0, 0.05) is 26.2 Å². The summed E-state index contributed by atoms with van der Waals surface area (Å²) in [6.45, 7) is 5.94. The summed E-state index contributed by atoms with van der Waals surface area (Å²) >= 11 is 0. The molecule has 0 aromatic heterocycles. The first-order valence-electron chi connectivity index (χ1n) is 7.63. The summed E-state index contributed by atoms with van der Waals surface area (Å²) in [7, 11) is 0. The van der Waals surface area contributed by atoms with Crippen LogP contribution < -0.4 is 0 Å². The van der Waals surface area contributed by atoms with Gasteiger partial charge < -0.3 is 9.80 Å². The molecule has 0 radical (unpaired) electrons. The van der Waals surface area contributed by atoms with E-state index < -0.39 is 0 Å². The molecule has 2 heterocycles. The van der Waals surface area contributed by atoms with Crippen molar-refractivity contribution in [2.24, 2.45) is 5.92 Å². The van der Waals surface area contributed by atoms with Crippen molar-refractivity contribution >= 4 is 17.4 Å². The summed E-state index contributed by atoms with van der Waals surface area (Å²) in [6, 6.07) is 10.2. The molecule has 2 aliphatic rings. The molecule has 0 unspecified atom stereocenters. The van der Waals surface area contributed by atoms with Gasteiger partial charge in [0.15, 0.2) is 0 Å². The Morgan fingerprint density at radius 3 is 2.55 bits per heavy atom. The summed E-state index contributed by atoms with van der Waals surface area (Å²) < 4.78 is 0. The van der Waals surface area contributed by atoms with Crippen molar-refractivity contribution in [1.29, 1.82) is 0 Å². The number of rotatable bonds is 3. The number of carbonyl (C=O) groups excluding carboxylic acids is 2. The van der Waals surface area contributed by atoms with Gasteiger partial charge in [0.2, 0.25) is 11.8 Å². The van der Waals surface area contributed by atoms with Crippen LogP contribution in [-0.2, 0) is 9.59 Å². The number of carbonyl (C=O) groups is 2. The van der Waals surface area contributed by atoms with Gasteiger partial charge in [0.25, 0.3) is 0 Å². The second-order valence-electron chi connectivity index (χ2n) is 5.79. The van der Waals surface area contributed by atoms with E-state index in [0.29, 0.717) is 19.6 Å². The zero-order chi connectivity index (χ0) is 15.5. The molecular weight excluding hydrogens is 276 g/mol. The van der Waals surface area contributed by atoms with Crippen LogP contribution in [0.5, 0.6) is 0 Å². The molecule has 1 fully saturated rings. The second kappa shape index (κ2) is 6.18. The topological polar surface area (TPSA) is 40.6 Å². The van der Waals surface area contributed by atoms with Crippen molar-refractivity contribution in [1.82, 2.24) is 9.80 Å². The Bertz CT molecular complexity index is 615. The van der Waals surface area contributed by atoms with Crippen molar-refractivity contribution in [2.45, 2.75) is 6.42 Å². The minimum absolute atomic E-state index is 0.0565. The highest BCUT2D eigenvalue weighted by atomic mass is 16.2. The molecule has 114 valence electrons. The average Bonchev–Trinajstić information content (AvgIpc) is 2.54. The zero-order valence-corrected chi connectivity index (χ0v) is 12.6. The minimum atomic E-state index is -0.0902. The molecule has 3 rings (SSSR count). The first-order valence-corrected chi connectivity index (χ1v) is 7.63. The lowest BCUT2D eigenvalue weighted by atomic mass is 9.95. The predicted octanol–water partition coefficient (Wildman–Crippen LogP) is 1.95. The predicted molar refractivity (Wildman–Crippen MR) is 85.9 cm³/mol. The van der Waals surface area contributed by atoms with Crippen LogP contribution in [0.15, 0.2) is 49.1 Å². The molecule has 22 heavy (non-hydrogen) atoms. The van der Waals surface area contributed by atoms with E-state index in [1.165, 1.54) is 17.2 Å². The monoisotopic (exact) mass is 296 g/mol.